The molecule has 4 heterocycles. The average molecular weight is 402 g/mol. The van der Waals surface area contributed by atoms with E-state index in [0.717, 1.165) is 24.5 Å². The van der Waals surface area contributed by atoms with Gasteiger partial charge in [0, 0.05) is 37.6 Å². The number of furan rings is 1. The molecule has 2 aromatic rings. The predicted octanol–water partition coefficient (Wildman–Crippen LogP) is 1.45. The number of nitrogens with zero attached hydrogens (tertiary/aromatic N) is 3. The third-order valence-corrected chi connectivity index (χ3v) is 6.13. The number of hydrogen-bond donors (Lipinski definition) is 1. The summed E-state index contributed by atoms with van der Waals surface area (Å²) in [6.45, 7) is 4.93. The molecule has 0 bridgehead atoms. The van der Waals surface area contributed by atoms with E-state index < -0.39 is 17.5 Å². The molecule has 2 fully saturated rings. The van der Waals surface area contributed by atoms with Gasteiger partial charge < -0.3 is 14.6 Å². The zero-order valence-corrected chi connectivity index (χ0v) is 16.4. The summed E-state index contributed by atoms with van der Waals surface area (Å²) in [7, 11) is 0. The molecule has 0 radical (unpaired) electrons. The summed E-state index contributed by atoms with van der Waals surface area (Å²) in [6.07, 6.45) is 1.45. The Morgan fingerprint density at radius 2 is 2.00 bits per heavy atom. The SMILES string of the molecule is CC1(c2ccco2)NC(=O)N(CC(=O)N2CCN(Cc3cccs3)CC2)C1=O. The lowest BCUT2D eigenvalue weighted by atomic mass is 9.99. The van der Waals surface area contributed by atoms with Crippen LogP contribution in [0, 0.1) is 0 Å². The lowest BCUT2D eigenvalue weighted by Gasteiger charge is -2.35. The zero-order chi connectivity index (χ0) is 19.7. The Bertz CT molecular complexity index is 859. The van der Waals surface area contributed by atoms with Crippen molar-refractivity contribution in [3.8, 4) is 0 Å². The van der Waals surface area contributed by atoms with Gasteiger partial charge in [0.15, 0.2) is 5.54 Å². The van der Waals surface area contributed by atoms with E-state index >= 15 is 0 Å². The number of carbonyl (C=O) groups excluding carboxylic acids is 3. The van der Waals surface area contributed by atoms with E-state index in [-0.39, 0.29) is 12.5 Å². The molecule has 1 atom stereocenters. The summed E-state index contributed by atoms with van der Waals surface area (Å²) in [5.74, 6) is -0.344. The van der Waals surface area contributed by atoms with Gasteiger partial charge in [-0.3, -0.25) is 19.4 Å². The van der Waals surface area contributed by atoms with Crippen LogP contribution in [0.25, 0.3) is 0 Å². The second-order valence-electron chi connectivity index (χ2n) is 7.16. The molecule has 28 heavy (non-hydrogen) atoms. The molecule has 1 unspecified atom stereocenters. The van der Waals surface area contributed by atoms with Crippen molar-refractivity contribution in [1.82, 2.24) is 20.0 Å². The third-order valence-electron chi connectivity index (χ3n) is 5.27. The summed E-state index contributed by atoms with van der Waals surface area (Å²) in [6, 6.07) is 6.86. The molecule has 0 aliphatic carbocycles. The molecule has 0 spiro atoms. The number of carbonyl (C=O) groups is 3. The lowest BCUT2D eigenvalue weighted by molar-refractivity contribution is -0.140. The van der Waals surface area contributed by atoms with Crippen LogP contribution >= 0.6 is 11.3 Å². The Labute approximate surface area is 166 Å². The molecular weight excluding hydrogens is 380 g/mol. The highest BCUT2D eigenvalue weighted by molar-refractivity contribution is 7.09. The fourth-order valence-electron chi connectivity index (χ4n) is 3.58. The fraction of sp³-hybridized carbons (Fsp3) is 0.421. The zero-order valence-electron chi connectivity index (χ0n) is 15.6. The first kappa shape index (κ1) is 18.7. The second-order valence-corrected chi connectivity index (χ2v) is 8.19. The summed E-state index contributed by atoms with van der Waals surface area (Å²) < 4.78 is 5.30. The molecule has 2 aliphatic heterocycles. The lowest BCUT2D eigenvalue weighted by Crippen LogP contribution is -2.51. The van der Waals surface area contributed by atoms with Gasteiger partial charge in [-0.05, 0) is 30.5 Å². The van der Waals surface area contributed by atoms with Crippen LogP contribution < -0.4 is 5.32 Å². The molecule has 9 heteroatoms. The first-order chi connectivity index (χ1) is 13.5. The Morgan fingerprint density at radius 1 is 1.21 bits per heavy atom. The van der Waals surface area contributed by atoms with Crippen molar-refractivity contribution in [2.45, 2.75) is 19.0 Å². The standard InChI is InChI=1S/C19H22N4O4S/c1-19(15-5-2-10-27-15)17(25)23(18(26)20-19)13-16(24)22-8-6-21(7-9-22)12-14-4-3-11-28-14/h2-5,10-11H,6-9,12-13H2,1H3,(H,20,26). The topological polar surface area (TPSA) is 86.1 Å². The van der Waals surface area contributed by atoms with Crippen LogP contribution in [-0.2, 0) is 21.7 Å². The Hall–Kier alpha value is -2.65. The van der Waals surface area contributed by atoms with Crippen LogP contribution in [-0.4, -0.2) is 65.3 Å². The highest BCUT2D eigenvalue weighted by atomic mass is 32.1. The smallest absolute Gasteiger partial charge is 0.325 e. The third kappa shape index (κ3) is 3.43. The minimum atomic E-state index is -1.28. The Balaban J connectivity index is 1.34. The van der Waals surface area contributed by atoms with Gasteiger partial charge in [0.1, 0.15) is 12.3 Å². The fourth-order valence-corrected chi connectivity index (χ4v) is 4.33. The first-order valence-electron chi connectivity index (χ1n) is 9.18. The molecule has 0 aromatic carbocycles. The van der Waals surface area contributed by atoms with Crippen molar-refractivity contribution in [1.29, 1.82) is 0 Å². The molecule has 0 saturated carbocycles. The average Bonchev–Trinajstić information content (AvgIpc) is 3.42. The first-order valence-corrected chi connectivity index (χ1v) is 10.1. The normalized spacial score (nSPS) is 23.3. The molecule has 8 nitrogen and oxygen atoms in total. The van der Waals surface area contributed by atoms with Gasteiger partial charge in [0.25, 0.3) is 5.91 Å². The molecule has 148 valence electrons. The highest BCUT2D eigenvalue weighted by Crippen LogP contribution is 2.29. The van der Waals surface area contributed by atoms with E-state index in [1.165, 1.54) is 11.1 Å². The number of nitrogens with one attached hydrogen (secondary N) is 1. The van der Waals surface area contributed by atoms with Crippen molar-refractivity contribution in [2.24, 2.45) is 0 Å². The van der Waals surface area contributed by atoms with E-state index in [1.54, 1.807) is 35.3 Å². The summed E-state index contributed by atoms with van der Waals surface area (Å²) in [5, 5.41) is 4.70. The summed E-state index contributed by atoms with van der Waals surface area (Å²) in [4.78, 5) is 44.1. The van der Waals surface area contributed by atoms with Crippen LogP contribution in [0.15, 0.2) is 40.3 Å². The Morgan fingerprint density at radius 3 is 2.64 bits per heavy atom. The van der Waals surface area contributed by atoms with E-state index in [1.807, 2.05) is 6.07 Å². The number of amides is 4. The van der Waals surface area contributed by atoms with E-state index in [4.69, 9.17) is 4.42 Å². The molecule has 4 rings (SSSR count). The molecule has 4 amide bonds. The number of piperazine rings is 1. The van der Waals surface area contributed by atoms with Gasteiger partial charge in [0.2, 0.25) is 5.91 Å². The number of rotatable bonds is 5. The summed E-state index contributed by atoms with van der Waals surface area (Å²) in [5.41, 5.74) is -1.28. The van der Waals surface area contributed by atoms with Gasteiger partial charge in [-0.15, -0.1) is 11.3 Å². The second kappa shape index (κ2) is 7.40. The van der Waals surface area contributed by atoms with Crippen molar-refractivity contribution in [3.63, 3.8) is 0 Å². The van der Waals surface area contributed by atoms with Crippen molar-refractivity contribution in [2.75, 3.05) is 32.7 Å². The number of hydrogen-bond acceptors (Lipinski definition) is 6. The van der Waals surface area contributed by atoms with Crippen LogP contribution in [0.4, 0.5) is 4.79 Å². The summed E-state index contributed by atoms with van der Waals surface area (Å²) >= 11 is 1.73. The quantitative estimate of drug-likeness (QED) is 0.765. The van der Waals surface area contributed by atoms with Crippen molar-refractivity contribution >= 4 is 29.2 Å². The van der Waals surface area contributed by atoms with E-state index in [0.29, 0.717) is 18.8 Å². The maximum Gasteiger partial charge on any atom is 0.325 e. The van der Waals surface area contributed by atoms with Crippen LogP contribution in [0.2, 0.25) is 0 Å². The highest BCUT2D eigenvalue weighted by Gasteiger charge is 2.51. The molecule has 2 aromatic heterocycles. The molecular formula is C19H22N4O4S. The van der Waals surface area contributed by atoms with Gasteiger partial charge in [-0.1, -0.05) is 6.07 Å². The maximum atomic E-state index is 12.8. The molecule has 2 saturated heterocycles. The van der Waals surface area contributed by atoms with E-state index in [2.05, 4.69) is 21.7 Å². The molecule has 1 N–H and O–H groups in total. The van der Waals surface area contributed by atoms with Gasteiger partial charge in [-0.2, -0.15) is 0 Å². The van der Waals surface area contributed by atoms with E-state index in [9.17, 15) is 14.4 Å². The van der Waals surface area contributed by atoms with Crippen LogP contribution in [0.1, 0.15) is 17.6 Å². The number of imide groups is 1. The van der Waals surface area contributed by atoms with Gasteiger partial charge in [0.05, 0.1) is 6.26 Å². The molecule has 2 aliphatic rings. The number of urea groups is 1. The van der Waals surface area contributed by atoms with Gasteiger partial charge in [-0.25, -0.2) is 4.79 Å². The maximum absolute atomic E-state index is 12.8. The van der Waals surface area contributed by atoms with Crippen LogP contribution in [0.3, 0.4) is 0 Å². The minimum absolute atomic E-state index is 0.219. The van der Waals surface area contributed by atoms with Crippen molar-refractivity contribution < 1.29 is 18.8 Å². The minimum Gasteiger partial charge on any atom is -0.466 e. The number of thiophene rings is 1. The monoisotopic (exact) mass is 402 g/mol. The predicted molar refractivity (Wildman–Crippen MR) is 102 cm³/mol. The van der Waals surface area contributed by atoms with Crippen molar-refractivity contribution in [3.05, 3.63) is 46.5 Å². The van der Waals surface area contributed by atoms with Gasteiger partial charge >= 0.3 is 6.03 Å². The Kier molecular flexibility index (Phi) is 4.94. The van der Waals surface area contributed by atoms with Crippen LogP contribution in [0.5, 0.6) is 0 Å². The largest absolute Gasteiger partial charge is 0.466 e.